The predicted molar refractivity (Wildman–Crippen MR) is 76.6 cm³/mol. The minimum Gasteiger partial charge on any atom is -0.457 e. The smallest absolute Gasteiger partial charge is 0.340 e. The highest BCUT2D eigenvalue weighted by Crippen LogP contribution is 2.17. The van der Waals surface area contributed by atoms with E-state index in [0.717, 1.165) is 0 Å². The number of halogens is 2. The number of aromatic nitrogens is 1. The summed E-state index contributed by atoms with van der Waals surface area (Å²) < 4.78 is 18.9. The van der Waals surface area contributed by atoms with E-state index in [1.54, 1.807) is 13.0 Å². The topological polar surface area (TPSA) is 65.2 Å². The Hall–Kier alpha value is -1.95. The summed E-state index contributed by atoms with van der Waals surface area (Å²) in [6.45, 7) is 1.66. The van der Waals surface area contributed by atoms with Crippen molar-refractivity contribution < 1.29 is 13.9 Å². The molecule has 0 aliphatic heterocycles. The molecule has 20 heavy (non-hydrogen) atoms. The molecule has 0 aliphatic rings. The molecule has 1 aromatic heterocycles. The number of anilines is 1. The SMILES string of the molecule is Cc1ncc(N)cc1C(=O)OCc1cc(F)cc(Br)c1. The van der Waals surface area contributed by atoms with E-state index in [0.29, 0.717) is 27.0 Å². The van der Waals surface area contributed by atoms with Crippen LogP contribution in [0, 0.1) is 12.7 Å². The number of carbonyl (C=O) groups is 1. The Morgan fingerprint density at radius 1 is 1.40 bits per heavy atom. The number of hydrogen-bond acceptors (Lipinski definition) is 4. The Labute approximate surface area is 123 Å². The molecule has 0 atom stereocenters. The molecule has 104 valence electrons. The average Bonchev–Trinajstić information content (AvgIpc) is 2.38. The lowest BCUT2D eigenvalue weighted by atomic mass is 10.2. The van der Waals surface area contributed by atoms with Gasteiger partial charge < -0.3 is 10.5 Å². The van der Waals surface area contributed by atoms with Gasteiger partial charge in [-0.15, -0.1) is 0 Å². The number of aryl methyl sites for hydroxylation is 1. The molecule has 0 saturated carbocycles. The Morgan fingerprint density at radius 3 is 2.85 bits per heavy atom. The zero-order valence-corrected chi connectivity index (χ0v) is 12.3. The van der Waals surface area contributed by atoms with Gasteiger partial charge in [0.25, 0.3) is 0 Å². The third-order valence-corrected chi connectivity index (χ3v) is 3.08. The Kier molecular flexibility index (Phi) is 4.34. The molecule has 0 spiro atoms. The Bertz CT molecular complexity index is 641. The van der Waals surface area contributed by atoms with E-state index in [4.69, 9.17) is 10.5 Å². The van der Waals surface area contributed by atoms with Crippen LogP contribution >= 0.6 is 15.9 Å². The molecule has 1 heterocycles. The van der Waals surface area contributed by atoms with Crippen LogP contribution in [0.5, 0.6) is 0 Å². The quantitative estimate of drug-likeness (QED) is 0.872. The van der Waals surface area contributed by atoms with Gasteiger partial charge in [0.1, 0.15) is 12.4 Å². The van der Waals surface area contributed by atoms with Crippen molar-refractivity contribution in [2.45, 2.75) is 13.5 Å². The van der Waals surface area contributed by atoms with E-state index < -0.39 is 11.8 Å². The standard InChI is InChI=1S/C14H12BrFN2O2/c1-8-13(5-12(17)6-18-8)14(19)20-7-9-2-10(15)4-11(16)3-9/h2-6H,7,17H2,1H3. The minimum atomic E-state index is -0.539. The number of carbonyl (C=O) groups excluding carboxylic acids is 1. The zero-order chi connectivity index (χ0) is 14.7. The van der Waals surface area contributed by atoms with E-state index in [9.17, 15) is 9.18 Å². The van der Waals surface area contributed by atoms with E-state index >= 15 is 0 Å². The van der Waals surface area contributed by atoms with Gasteiger partial charge in [0.2, 0.25) is 0 Å². The van der Waals surface area contributed by atoms with Gasteiger partial charge in [-0.2, -0.15) is 0 Å². The first-order chi connectivity index (χ1) is 9.45. The first kappa shape index (κ1) is 14.5. The second-order valence-corrected chi connectivity index (χ2v) is 5.17. The van der Waals surface area contributed by atoms with Crippen LogP contribution in [0.2, 0.25) is 0 Å². The molecule has 0 saturated heterocycles. The van der Waals surface area contributed by atoms with Gasteiger partial charge in [0.15, 0.2) is 0 Å². The summed E-state index contributed by atoms with van der Waals surface area (Å²) >= 11 is 3.18. The molecular formula is C14H12BrFN2O2. The number of pyridine rings is 1. The van der Waals surface area contributed by atoms with Crippen molar-refractivity contribution in [3.8, 4) is 0 Å². The first-order valence-electron chi connectivity index (χ1n) is 5.80. The number of esters is 1. The summed E-state index contributed by atoms with van der Waals surface area (Å²) in [5, 5.41) is 0. The molecular weight excluding hydrogens is 327 g/mol. The van der Waals surface area contributed by atoms with E-state index in [-0.39, 0.29) is 6.61 Å². The molecule has 0 bridgehead atoms. The summed E-state index contributed by atoms with van der Waals surface area (Å²) in [5.41, 5.74) is 7.36. The minimum absolute atomic E-state index is 0.0244. The molecule has 0 radical (unpaired) electrons. The number of nitrogen functional groups attached to an aromatic ring is 1. The lowest BCUT2D eigenvalue weighted by Crippen LogP contribution is -2.09. The van der Waals surface area contributed by atoms with E-state index in [2.05, 4.69) is 20.9 Å². The van der Waals surface area contributed by atoms with Gasteiger partial charge in [0.05, 0.1) is 23.1 Å². The third kappa shape index (κ3) is 3.54. The van der Waals surface area contributed by atoms with Crippen LogP contribution in [0.25, 0.3) is 0 Å². The molecule has 0 fully saturated rings. The van der Waals surface area contributed by atoms with Crippen LogP contribution in [-0.4, -0.2) is 11.0 Å². The predicted octanol–water partition coefficient (Wildman–Crippen LogP) is 3.23. The molecule has 2 rings (SSSR count). The Morgan fingerprint density at radius 2 is 2.15 bits per heavy atom. The maximum Gasteiger partial charge on any atom is 0.340 e. The van der Waals surface area contributed by atoms with Gasteiger partial charge in [-0.1, -0.05) is 15.9 Å². The van der Waals surface area contributed by atoms with Crippen molar-refractivity contribution in [3.05, 3.63) is 57.6 Å². The van der Waals surface area contributed by atoms with Crippen LogP contribution < -0.4 is 5.73 Å². The van der Waals surface area contributed by atoms with Gasteiger partial charge in [-0.3, -0.25) is 4.98 Å². The maximum absolute atomic E-state index is 13.2. The lowest BCUT2D eigenvalue weighted by molar-refractivity contribution is 0.0471. The maximum atomic E-state index is 13.2. The highest BCUT2D eigenvalue weighted by Gasteiger charge is 2.12. The molecule has 0 amide bonds. The van der Waals surface area contributed by atoms with Crippen LogP contribution in [0.1, 0.15) is 21.6 Å². The normalized spacial score (nSPS) is 10.3. The summed E-state index contributed by atoms with van der Waals surface area (Å²) in [7, 11) is 0. The van der Waals surface area contributed by atoms with Crippen LogP contribution in [0.4, 0.5) is 10.1 Å². The van der Waals surface area contributed by atoms with Crippen molar-refractivity contribution >= 4 is 27.6 Å². The molecule has 6 heteroatoms. The molecule has 0 aliphatic carbocycles. The fourth-order valence-electron chi connectivity index (χ4n) is 1.68. The Balaban J connectivity index is 2.10. The van der Waals surface area contributed by atoms with E-state index in [1.807, 2.05) is 0 Å². The second-order valence-electron chi connectivity index (χ2n) is 4.26. The van der Waals surface area contributed by atoms with Crippen molar-refractivity contribution in [1.82, 2.24) is 4.98 Å². The zero-order valence-electron chi connectivity index (χ0n) is 10.7. The average molecular weight is 339 g/mol. The van der Waals surface area contributed by atoms with Crippen LogP contribution in [-0.2, 0) is 11.3 Å². The lowest BCUT2D eigenvalue weighted by Gasteiger charge is -2.08. The number of hydrogen-bond donors (Lipinski definition) is 1. The van der Waals surface area contributed by atoms with Crippen molar-refractivity contribution in [1.29, 1.82) is 0 Å². The van der Waals surface area contributed by atoms with E-state index in [1.165, 1.54) is 24.4 Å². The monoisotopic (exact) mass is 338 g/mol. The number of nitrogens with zero attached hydrogens (tertiary/aromatic N) is 1. The fourth-order valence-corrected chi connectivity index (χ4v) is 2.19. The van der Waals surface area contributed by atoms with Crippen LogP contribution in [0.3, 0.4) is 0 Å². The van der Waals surface area contributed by atoms with Crippen molar-refractivity contribution in [3.63, 3.8) is 0 Å². The summed E-state index contributed by atoms with van der Waals surface area (Å²) in [4.78, 5) is 15.9. The first-order valence-corrected chi connectivity index (χ1v) is 6.59. The van der Waals surface area contributed by atoms with Crippen molar-refractivity contribution in [2.75, 3.05) is 5.73 Å². The van der Waals surface area contributed by atoms with Gasteiger partial charge >= 0.3 is 5.97 Å². The van der Waals surface area contributed by atoms with Gasteiger partial charge in [-0.05, 0) is 36.8 Å². The highest BCUT2D eigenvalue weighted by atomic mass is 79.9. The summed E-state index contributed by atoms with van der Waals surface area (Å²) in [5.74, 6) is -0.935. The third-order valence-electron chi connectivity index (χ3n) is 2.62. The molecule has 2 N–H and O–H groups in total. The highest BCUT2D eigenvalue weighted by molar-refractivity contribution is 9.10. The number of rotatable bonds is 3. The number of benzene rings is 1. The molecule has 4 nitrogen and oxygen atoms in total. The fraction of sp³-hybridized carbons (Fsp3) is 0.143. The number of nitrogens with two attached hydrogens (primary N) is 1. The largest absolute Gasteiger partial charge is 0.457 e. The second kappa shape index (κ2) is 6.00. The molecule has 0 unspecified atom stereocenters. The van der Waals surface area contributed by atoms with Gasteiger partial charge in [0, 0.05) is 4.47 Å². The van der Waals surface area contributed by atoms with Gasteiger partial charge in [-0.25, -0.2) is 9.18 Å². The summed E-state index contributed by atoms with van der Waals surface area (Å²) in [6.07, 6.45) is 1.47. The van der Waals surface area contributed by atoms with Crippen molar-refractivity contribution in [2.24, 2.45) is 0 Å². The van der Waals surface area contributed by atoms with Crippen LogP contribution in [0.15, 0.2) is 34.9 Å². The summed E-state index contributed by atoms with van der Waals surface area (Å²) in [6, 6.07) is 5.83. The molecule has 2 aromatic rings. The molecule has 1 aromatic carbocycles. The number of ether oxygens (including phenoxy) is 1.